The van der Waals surface area contributed by atoms with Crippen LogP contribution in [0.5, 0.6) is 5.75 Å². The lowest BCUT2D eigenvalue weighted by Crippen LogP contribution is -2.32. The van der Waals surface area contributed by atoms with Gasteiger partial charge in [-0.25, -0.2) is 4.79 Å². The highest BCUT2D eigenvalue weighted by atomic mass is 35.5. The van der Waals surface area contributed by atoms with Crippen molar-refractivity contribution < 1.29 is 19.1 Å². The second-order valence-electron chi connectivity index (χ2n) is 5.03. The van der Waals surface area contributed by atoms with Gasteiger partial charge in [-0.15, -0.1) is 0 Å². The Balaban J connectivity index is 2.06. The average Bonchev–Trinajstić information content (AvgIpc) is 2.60. The zero-order valence-electron chi connectivity index (χ0n) is 13.4. The summed E-state index contributed by atoms with van der Waals surface area (Å²) < 4.78 is 10.4. The maximum Gasteiger partial charge on any atom is 0.337 e. The summed E-state index contributed by atoms with van der Waals surface area (Å²) in [6, 6.07) is 13.3. The Bertz CT molecular complexity index is 715. The van der Waals surface area contributed by atoms with Gasteiger partial charge in [-0.05, 0) is 48.9 Å². The van der Waals surface area contributed by atoms with E-state index in [2.05, 4.69) is 10.1 Å². The van der Waals surface area contributed by atoms with E-state index < -0.39 is 12.1 Å². The Labute approximate surface area is 145 Å². The molecule has 2 aromatic rings. The molecule has 1 N–H and O–H groups in total. The molecule has 0 saturated carbocycles. The van der Waals surface area contributed by atoms with E-state index >= 15 is 0 Å². The molecule has 0 saturated heterocycles. The minimum atomic E-state index is -0.659. The van der Waals surface area contributed by atoms with Crippen molar-refractivity contribution in [2.24, 2.45) is 0 Å². The van der Waals surface area contributed by atoms with Crippen molar-refractivity contribution in [2.45, 2.75) is 19.4 Å². The molecule has 0 spiro atoms. The lowest BCUT2D eigenvalue weighted by molar-refractivity contribution is -0.122. The van der Waals surface area contributed by atoms with E-state index in [4.69, 9.17) is 16.3 Å². The number of nitrogens with one attached hydrogen (secondary N) is 1. The van der Waals surface area contributed by atoms with Crippen LogP contribution in [0.1, 0.15) is 23.7 Å². The molecule has 0 bridgehead atoms. The maximum absolute atomic E-state index is 12.4. The predicted octanol–water partition coefficient (Wildman–Crippen LogP) is 3.92. The predicted molar refractivity (Wildman–Crippen MR) is 92.6 cm³/mol. The van der Waals surface area contributed by atoms with Gasteiger partial charge in [0.15, 0.2) is 6.10 Å². The second kappa shape index (κ2) is 8.36. The van der Waals surface area contributed by atoms with E-state index in [-0.39, 0.29) is 5.91 Å². The molecule has 2 aromatic carbocycles. The minimum absolute atomic E-state index is 0.297. The molecule has 1 atom stereocenters. The van der Waals surface area contributed by atoms with Crippen molar-refractivity contribution in [3.8, 4) is 5.75 Å². The minimum Gasteiger partial charge on any atom is -0.481 e. The van der Waals surface area contributed by atoms with E-state index in [1.165, 1.54) is 7.11 Å². The monoisotopic (exact) mass is 347 g/mol. The fourth-order valence-electron chi connectivity index (χ4n) is 2.06. The number of anilines is 1. The Morgan fingerprint density at radius 2 is 1.88 bits per heavy atom. The zero-order chi connectivity index (χ0) is 17.5. The summed E-state index contributed by atoms with van der Waals surface area (Å²) in [6.07, 6.45) is -0.168. The maximum atomic E-state index is 12.4. The first kappa shape index (κ1) is 17.8. The number of benzene rings is 2. The summed E-state index contributed by atoms with van der Waals surface area (Å²) in [5.41, 5.74) is 0.864. The number of hydrogen-bond donors (Lipinski definition) is 1. The van der Waals surface area contributed by atoms with E-state index in [1.54, 1.807) is 48.5 Å². The highest BCUT2D eigenvalue weighted by Gasteiger charge is 2.19. The molecule has 0 aliphatic rings. The fraction of sp³-hybridized carbons (Fsp3) is 0.222. The summed E-state index contributed by atoms with van der Waals surface area (Å²) in [7, 11) is 1.31. The van der Waals surface area contributed by atoms with Gasteiger partial charge < -0.3 is 14.8 Å². The van der Waals surface area contributed by atoms with Gasteiger partial charge in [0.2, 0.25) is 0 Å². The molecule has 0 aliphatic carbocycles. The van der Waals surface area contributed by atoms with Crippen molar-refractivity contribution in [3.63, 3.8) is 0 Å². The summed E-state index contributed by atoms with van der Waals surface area (Å²) >= 11 is 5.83. The van der Waals surface area contributed by atoms with E-state index in [0.29, 0.717) is 28.4 Å². The highest BCUT2D eigenvalue weighted by Crippen LogP contribution is 2.19. The summed E-state index contributed by atoms with van der Waals surface area (Å²) in [5.74, 6) is -0.199. The zero-order valence-corrected chi connectivity index (χ0v) is 14.2. The molecule has 2 rings (SSSR count). The first-order valence-corrected chi connectivity index (χ1v) is 7.82. The van der Waals surface area contributed by atoms with Crippen LogP contribution < -0.4 is 10.1 Å². The molecule has 0 heterocycles. The Kier molecular flexibility index (Phi) is 6.21. The fourth-order valence-corrected chi connectivity index (χ4v) is 2.19. The van der Waals surface area contributed by atoms with Crippen molar-refractivity contribution in [2.75, 3.05) is 12.4 Å². The Hall–Kier alpha value is -2.53. The van der Waals surface area contributed by atoms with E-state index in [9.17, 15) is 9.59 Å². The summed E-state index contributed by atoms with van der Waals surface area (Å²) in [5, 5.41) is 3.34. The molecule has 24 heavy (non-hydrogen) atoms. The van der Waals surface area contributed by atoms with Crippen LogP contribution in [0.3, 0.4) is 0 Å². The second-order valence-corrected chi connectivity index (χ2v) is 5.47. The van der Waals surface area contributed by atoms with Gasteiger partial charge in [0.25, 0.3) is 5.91 Å². The third-order valence-corrected chi connectivity index (χ3v) is 3.56. The van der Waals surface area contributed by atoms with Crippen LogP contribution in [0.15, 0.2) is 48.5 Å². The summed E-state index contributed by atoms with van der Waals surface area (Å²) in [6.45, 7) is 1.85. The van der Waals surface area contributed by atoms with Crippen LogP contribution in [0, 0.1) is 0 Å². The van der Waals surface area contributed by atoms with Crippen LogP contribution in [-0.2, 0) is 9.53 Å². The van der Waals surface area contributed by atoms with Crippen molar-refractivity contribution >= 4 is 29.2 Å². The molecule has 126 valence electrons. The Morgan fingerprint density at radius 1 is 1.17 bits per heavy atom. The van der Waals surface area contributed by atoms with Gasteiger partial charge in [-0.2, -0.15) is 0 Å². The normalized spacial score (nSPS) is 11.5. The number of rotatable bonds is 6. The number of carbonyl (C=O) groups is 2. The standard InChI is InChI=1S/C18H18ClNO4/c1-3-16(24-15-9-7-13(19)8-10-15)17(21)20-14-6-4-5-12(11-14)18(22)23-2/h4-11,16H,3H2,1-2H3,(H,20,21)/t16-/m1/s1. The largest absolute Gasteiger partial charge is 0.481 e. The third kappa shape index (κ3) is 4.73. The first-order chi connectivity index (χ1) is 11.5. The van der Waals surface area contributed by atoms with Crippen LogP contribution in [0.4, 0.5) is 5.69 Å². The molecule has 0 radical (unpaired) electrons. The first-order valence-electron chi connectivity index (χ1n) is 7.45. The molecule has 0 unspecified atom stereocenters. The lowest BCUT2D eigenvalue weighted by Gasteiger charge is -2.17. The third-order valence-electron chi connectivity index (χ3n) is 3.31. The smallest absolute Gasteiger partial charge is 0.337 e. The van der Waals surface area contributed by atoms with Gasteiger partial charge in [0, 0.05) is 10.7 Å². The topological polar surface area (TPSA) is 64.6 Å². The van der Waals surface area contributed by atoms with Crippen LogP contribution >= 0.6 is 11.6 Å². The van der Waals surface area contributed by atoms with Crippen molar-refractivity contribution in [1.29, 1.82) is 0 Å². The number of esters is 1. The van der Waals surface area contributed by atoms with Crippen molar-refractivity contribution in [3.05, 3.63) is 59.1 Å². The highest BCUT2D eigenvalue weighted by molar-refractivity contribution is 6.30. The van der Waals surface area contributed by atoms with Crippen LogP contribution in [-0.4, -0.2) is 25.1 Å². The van der Waals surface area contributed by atoms with Gasteiger partial charge in [0.05, 0.1) is 12.7 Å². The Morgan fingerprint density at radius 3 is 2.50 bits per heavy atom. The van der Waals surface area contributed by atoms with E-state index in [1.807, 2.05) is 6.92 Å². The number of methoxy groups -OCH3 is 1. The molecule has 6 heteroatoms. The number of halogens is 1. The molecule has 1 amide bonds. The van der Waals surface area contributed by atoms with Gasteiger partial charge >= 0.3 is 5.97 Å². The number of carbonyl (C=O) groups excluding carboxylic acids is 2. The van der Waals surface area contributed by atoms with Gasteiger partial charge in [0.1, 0.15) is 5.75 Å². The van der Waals surface area contributed by atoms with Gasteiger partial charge in [-0.3, -0.25) is 4.79 Å². The average molecular weight is 348 g/mol. The molecule has 0 aromatic heterocycles. The quantitative estimate of drug-likeness (QED) is 0.804. The molecule has 0 aliphatic heterocycles. The van der Waals surface area contributed by atoms with Crippen LogP contribution in [0.2, 0.25) is 5.02 Å². The van der Waals surface area contributed by atoms with E-state index in [0.717, 1.165) is 0 Å². The summed E-state index contributed by atoms with van der Waals surface area (Å²) in [4.78, 5) is 23.9. The molecular formula is C18H18ClNO4. The number of hydrogen-bond acceptors (Lipinski definition) is 4. The van der Waals surface area contributed by atoms with Crippen molar-refractivity contribution in [1.82, 2.24) is 0 Å². The molecular weight excluding hydrogens is 330 g/mol. The number of ether oxygens (including phenoxy) is 2. The van der Waals surface area contributed by atoms with Crippen LogP contribution in [0.25, 0.3) is 0 Å². The number of amides is 1. The van der Waals surface area contributed by atoms with Gasteiger partial charge in [-0.1, -0.05) is 24.6 Å². The molecule has 5 nitrogen and oxygen atoms in total. The molecule has 0 fully saturated rings. The lowest BCUT2D eigenvalue weighted by atomic mass is 10.2. The SMILES string of the molecule is CC[C@@H](Oc1ccc(Cl)cc1)C(=O)Nc1cccc(C(=O)OC)c1.